The van der Waals surface area contributed by atoms with Crippen molar-refractivity contribution in [2.75, 3.05) is 0 Å². The van der Waals surface area contributed by atoms with Gasteiger partial charge in [-0.2, -0.15) is 4.57 Å². The van der Waals surface area contributed by atoms with E-state index in [4.69, 9.17) is 5.21 Å². The number of aromatic nitrogens is 3. The first-order valence-corrected chi connectivity index (χ1v) is 5.16. The van der Waals surface area contributed by atoms with Gasteiger partial charge in [0.1, 0.15) is 0 Å². The Kier molecular flexibility index (Phi) is 3.05. The molecule has 0 fully saturated rings. The van der Waals surface area contributed by atoms with E-state index < -0.39 is 11.2 Å². The number of rotatable bonds is 1. The molecule has 0 atom stereocenters. The molecule has 0 aliphatic rings. The molecule has 0 unspecified atom stereocenters. The summed E-state index contributed by atoms with van der Waals surface area (Å²) in [4.78, 5) is 27.4. The van der Waals surface area contributed by atoms with Gasteiger partial charge in [0, 0.05) is 5.69 Å². The molecule has 18 heavy (non-hydrogen) atoms. The standard InChI is InChI=1S/C11H10N4O3/c1-7-8(10(16)13-11(17)12-7)9(14-18)15-5-3-2-4-6-15/h2-6H,1H3,(H2-,12,13,14,16,17,18)/p+1. The van der Waals surface area contributed by atoms with Gasteiger partial charge in [0.2, 0.25) is 0 Å². The predicted octanol–water partition coefficient (Wildman–Crippen LogP) is -0.657. The maximum atomic E-state index is 11.8. The summed E-state index contributed by atoms with van der Waals surface area (Å²) < 4.78 is 1.47. The lowest BCUT2D eigenvalue weighted by atomic mass is 10.2. The van der Waals surface area contributed by atoms with Crippen molar-refractivity contribution in [1.82, 2.24) is 9.97 Å². The number of H-pyrrole nitrogens is 2. The zero-order valence-electron chi connectivity index (χ0n) is 9.54. The van der Waals surface area contributed by atoms with Gasteiger partial charge in [0.05, 0.1) is 12.4 Å². The van der Waals surface area contributed by atoms with Crippen LogP contribution in [0.4, 0.5) is 0 Å². The Hall–Kier alpha value is -2.70. The average Bonchev–Trinajstić information content (AvgIpc) is 2.34. The minimum atomic E-state index is -0.611. The lowest BCUT2D eigenvalue weighted by Crippen LogP contribution is -2.47. The van der Waals surface area contributed by atoms with Gasteiger partial charge in [0.25, 0.3) is 5.56 Å². The molecule has 7 heteroatoms. The quantitative estimate of drug-likeness (QED) is 0.205. The largest absolute Gasteiger partial charge is 0.388 e. The molecule has 0 aliphatic carbocycles. The Morgan fingerprint density at radius 1 is 1.22 bits per heavy atom. The highest BCUT2D eigenvalue weighted by Gasteiger charge is 2.23. The molecular weight excluding hydrogens is 236 g/mol. The molecular formula is C11H11N4O3+. The van der Waals surface area contributed by atoms with E-state index in [1.54, 1.807) is 37.5 Å². The fraction of sp³-hybridized carbons (Fsp3) is 0.0909. The summed E-state index contributed by atoms with van der Waals surface area (Å²) in [6, 6.07) is 5.23. The molecule has 0 saturated heterocycles. The highest BCUT2D eigenvalue weighted by molar-refractivity contribution is 5.91. The summed E-state index contributed by atoms with van der Waals surface area (Å²) in [6.07, 6.45) is 3.25. The maximum Gasteiger partial charge on any atom is 0.388 e. The molecule has 0 saturated carbocycles. The lowest BCUT2D eigenvalue weighted by Gasteiger charge is -2.01. The molecule has 0 aromatic carbocycles. The second-order valence-electron chi connectivity index (χ2n) is 3.61. The van der Waals surface area contributed by atoms with Crippen LogP contribution >= 0.6 is 0 Å². The Labute approximate surface area is 101 Å². The van der Waals surface area contributed by atoms with Gasteiger partial charge < -0.3 is 10.2 Å². The summed E-state index contributed by atoms with van der Waals surface area (Å²) in [6.45, 7) is 1.56. The molecule has 7 nitrogen and oxygen atoms in total. The summed E-state index contributed by atoms with van der Waals surface area (Å²) in [7, 11) is 0. The fourth-order valence-corrected chi connectivity index (χ4v) is 1.64. The lowest BCUT2D eigenvalue weighted by molar-refractivity contribution is -0.555. The third-order valence-electron chi connectivity index (χ3n) is 2.41. The Morgan fingerprint density at radius 3 is 2.44 bits per heavy atom. The Balaban J connectivity index is 2.69. The second-order valence-corrected chi connectivity index (χ2v) is 3.61. The van der Waals surface area contributed by atoms with Crippen molar-refractivity contribution in [2.24, 2.45) is 5.16 Å². The number of nitrogens with one attached hydrogen (secondary N) is 2. The number of aryl methyl sites for hydroxylation is 1. The van der Waals surface area contributed by atoms with Gasteiger partial charge >= 0.3 is 11.5 Å². The first-order chi connectivity index (χ1) is 8.63. The van der Waals surface area contributed by atoms with Crippen LogP contribution in [-0.2, 0) is 0 Å². The van der Waals surface area contributed by atoms with Crippen LogP contribution in [0.15, 0.2) is 45.3 Å². The summed E-state index contributed by atoms with van der Waals surface area (Å²) in [5.41, 5.74) is -0.779. The minimum absolute atomic E-state index is 0.0330. The van der Waals surface area contributed by atoms with Crippen molar-refractivity contribution in [3.8, 4) is 0 Å². The number of nitrogens with zero attached hydrogens (tertiary/aromatic N) is 2. The SMILES string of the molecule is Cc1[nH]c(=O)[nH]c(=O)c1C(=NO)[n+]1ccccc1. The monoisotopic (exact) mass is 247 g/mol. The number of aromatic amines is 2. The van der Waals surface area contributed by atoms with Gasteiger partial charge in [-0.1, -0.05) is 6.07 Å². The Morgan fingerprint density at radius 2 is 1.89 bits per heavy atom. The van der Waals surface area contributed by atoms with E-state index in [1.165, 1.54) is 4.57 Å². The van der Waals surface area contributed by atoms with Crippen LogP contribution in [-0.4, -0.2) is 21.0 Å². The van der Waals surface area contributed by atoms with E-state index in [1.807, 2.05) is 0 Å². The molecule has 0 amide bonds. The van der Waals surface area contributed by atoms with Crippen molar-refractivity contribution in [1.29, 1.82) is 0 Å². The smallest absolute Gasteiger partial charge is 0.313 e. The molecule has 2 aromatic rings. The highest BCUT2D eigenvalue weighted by atomic mass is 16.4. The van der Waals surface area contributed by atoms with Crippen LogP contribution in [0.5, 0.6) is 0 Å². The van der Waals surface area contributed by atoms with Gasteiger partial charge in [-0.15, -0.1) is 0 Å². The van der Waals surface area contributed by atoms with Crippen LogP contribution in [0, 0.1) is 6.92 Å². The molecule has 0 aliphatic heterocycles. The van der Waals surface area contributed by atoms with Crippen molar-refractivity contribution >= 4 is 5.84 Å². The third kappa shape index (κ3) is 2.05. The van der Waals surface area contributed by atoms with E-state index in [2.05, 4.69) is 15.1 Å². The molecule has 2 heterocycles. The number of hydrogen-bond donors (Lipinski definition) is 3. The summed E-state index contributed by atoms with van der Waals surface area (Å²) >= 11 is 0. The fourth-order valence-electron chi connectivity index (χ4n) is 1.64. The number of hydrogen-bond acceptors (Lipinski definition) is 4. The number of pyridine rings is 1. The van der Waals surface area contributed by atoms with Crippen molar-refractivity contribution in [2.45, 2.75) is 6.92 Å². The Bertz CT molecular complexity index is 700. The topological polar surface area (TPSA) is 102 Å². The normalized spacial score (nSPS) is 11.5. The van der Waals surface area contributed by atoms with Gasteiger partial charge in [-0.25, -0.2) is 4.79 Å². The third-order valence-corrected chi connectivity index (χ3v) is 2.41. The van der Waals surface area contributed by atoms with Crippen LogP contribution in [0.25, 0.3) is 0 Å². The summed E-state index contributed by atoms with van der Waals surface area (Å²) in [5.74, 6) is 0.0330. The van der Waals surface area contributed by atoms with E-state index in [9.17, 15) is 9.59 Å². The van der Waals surface area contributed by atoms with E-state index >= 15 is 0 Å². The van der Waals surface area contributed by atoms with Gasteiger partial charge in [0.15, 0.2) is 10.7 Å². The van der Waals surface area contributed by atoms with Crippen molar-refractivity contribution in [3.63, 3.8) is 0 Å². The summed E-state index contributed by atoms with van der Waals surface area (Å²) in [5, 5.41) is 12.2. The van der Waals surface area contributed by atoms with Crippen LogP contribution < -0.4 is 15.8 Å². The number of oxime groups is 1. The van der Waals surface area contributed by atoms with Crippen molar-refractivity contribution < 1.29 is 9.77 Å². The molecule has 2 rings (SSSR count). The molecule has 0 radical (unpaired) electrons. The molecule has 0 spiro atoms. The molecule has 2 aromatic heterocycles. The maximum absolute atomic E-state index is 11.8. The van der Waals surface area contributed by atoms with Gasteiger partial charge in [-0.3, -0.25) is 9.78 Å². The van der Waals surface area contributed by atoms with E-state index in [0.717, 1.165) is 0 Å². The first kappa shape index (κ1) is 11.8. The molecule has 0 bridgehead atoms. The predicted molar refractivity (Wildman–Crippen MR) is 62.8 cm³/mol. The van der Waals surface area contributed by atoms with Crippen molar-refractivity contribution in [3.05, 3.63) is 62.7 Å². The van der Waals surface area contributed by atoms with Gasteiger partial charge in [-0.05, 0) is 19.1 Å². The molecule has 92 valence electrons. The van der Waals surface area contributed by atoms with Crippen LogP contribution in [0.3, 0.4) is 0 Å². The van der Waals surface area contributed by atoms with E-state index in [-0.39, 0.29) is 11.4 Å². The first-order valence-electron chi connectivity index (χ1n) is 5.16. The average molecular weight is 247 g/mol. The van der Waals surface area contributed by atoms with E-state index in [0.29, 0.717) is 5.69 Å². The minimum Gasteiger partial charge on any atom is -0.313 e. The molecule has 3 N–H and O–H groups in total. The zero-order valence-corrected chi connectivity index (χ0v) is 9.54. The van der Waals surface area contributed by atoms with Crippen LogP contribution in [0.1, 0.15) is 11.3 Å². The zero-order chi connectivity index (χ0) is 13.1. The van der Waals surface area contributed by atoms with Crippen LogP contribution in [0.2, 0.25) is 0 Å². The second kappa shape index (κ2) is 4.66. The highest BCUT2D eigenvalue weighted by Crippen LogP contribution is 1.96.